The Kier molecular flexibility index (Phi) is 3.99. The maximum atomic E-state index is 11.8. The van der Waals surface area contributed by atoms with E-state index in [1.165, 1.54) is 0 Å². The number of ether oxygens (including phenoxy) is 1. The summed E-state index contributed by atoms with van der Waals surface area (Å²) >= 11 is 0. The van der Waals surface area contributed by atoms with Crippen LogP contribution in [0.2, 0.25) is 0 Å². The van der Waals surface area contributed by atoms with E-state index in [1.807, 2.05) is 44.2 Å². The van der Waals surface area contributed by atoms with E-state index in [-0.39, 0.29) is 24.2 Å². The summed E-state index contributed by atoms with van der Waals surface area (Å²) in [7, 11) is 0. The molecule has 0 aromatic heterocycles. The molecule has 0 spiro atoms. The Balaban J connectivity index is 2.23. The second-order valence-electron chi connectivity index (χ2n) is 4.93. The number of hydrogen-bond acceptors (Lipinski definition) is 3. The third kappa shape index (κ3) is 2.89. The maximum absolute atomic E-state index is 11.8. The number of amides is 1. The first-order valence-corrected chi connectivity index (χ1v) is 6.31. The average Bonchev–Trinajstić information content (AvgIpc) is 2.28. The number of carbonyl (C=O) groups is 1. The van der Waals surface area contributed by atoms with Crippen molar-refractivity contribution < 1.29 is 9.53 Å². The van der Waals surface area contributed by atoms with E-state index in [0.29, 0.717) is 0 Å². The Morgan fingerprint density at radius 2 is 1.83 bits per heavy atom. The van der Waals surface area contributed by atoms with Gasteiger partial charge < -0.3 is 10.5 Å². The molecule has 1 aliphatic heterocycles. The van der Waals surface area contributed by atoms with E-state index in [1.54, 1.807) is 0 Å². The van der Waals surface area contributed by atoms with Crippen LogP contribution in [0.5, 0.6) is 0 Å². The molecular weight excluding hydrogens is 228 g/mol. The lowest BCUT2D eigenvalue weighted by Gasteiger charge is -2.39. The van der Waals surface area contributed by atoms with Gasteiger partial charge in [0.15, 0.2) is 0 Å². The number of nitrogens with two attached hydrogens (primary N) is 1. The average molecular weight is 248 g/mol. The number of hydrogen-bond donors (Lipinski definition) is 1. The Morgan fingerprint density at radius 1 is 1.28 bits per heavy atom. The monoisotopic (exact) mass is 248 g/mol. The van der Waals surface area contributed by atoms with Gasteiger partial charge in [-0.05, 0) is 19.4 Å². The fraction of sp³-hybridized carbons (Fsp3) is 0.500. The van der Waals surface area contributed by atoms with Gasteiger partial charge in [-0.15, -0.1) is 0 Å². The molecule has 0 aliphatic carbocycles. The highest BCUT2D eigenvalue weighted by Crippen LogP contribution is 2.24. The second kappa shape index (κ2) is 5.50. The number of morpholine rings is 1. The zero-order valence-corrected chi connectivity index (χ0v) is 10.9. The first-order valence-electron chi connectivity index (χ1n) is 6.31. The lowest BCUT2D eigenvalue weighted by molar-refractivity contribution is -0.130. The van der Waals surface area contributed by atoms with Crippen LogP contribution in [0.15, 0.2) is 30.3 Å². The molecule has 1 aromatic carbocycles. The van der Waals surface area contributed by atoms with Crippen LogP contribution < -0.4 is 5.73 Å². The second-order valence-corrected chi connectivity index (χ2v) is 4.93. The molecule has 0 saturated carbocycles. The zero-order chi connectivity index (χ0) is 13.1. The molecule has 1 fully saturated rings. The van der Waals surface area contributed by atoms with Gasteiger partial charge in [0, 0.05) is 13.1 Å². The van der Waals surface area contributed by atoms with E-state index in [9.17, 15) is 4.79 Å². The maximum Gasteiger partial charge on any atom is 0.239 e. The van der Waals surface area contributed by atoms with Crippen LogP contribution in [-0.4, -0.2) is 36.1 Å². The first-order chi connectivity index (χ1) is 8.58. The standard InChI is InChI=1S/C14H20N2O2/c1-10-8-16(9-11(2)18-10)13(14(15)17)12-6-4-3-5-7-12/h3-7,10-11,13H,8-9H2,1-2H3,(H2,15,17)/t10-,11-,13+/m1/s1. The van der Waals surface area contributed by atoms with Gasteiger partial charge in [0.05, 0.1) is 12.2 Å². The molecule has 4 nitrogen and oxygen atoms in total. The van der Waals surface area contributed by atoms with Gasteiger partial charge >= 0.3 is 0 Å². The molecule has 0 unspecified atom stereocenters. The third-order valence-corrected chi connectivity index (χ3v) is 3.20. The predicted octanol–water partition coefficient (Wildman–Crippen LogP) is 1.32. The predicted molar refractivity (Wildman–Crippen MR) is 70.0 cm³/mol. The van der Waals surface area contributed by atoms with Gasteiger partial charge in [-0.2, -0.15) is 0 Å². The number of rotatable bonds is 3. The summed E-state index contributed by atoms with van der Waals surface area (Å²) in [4.78, 5) is 13.9. The van der Waals surface area contributed by atoms with Gasteiger partial charge in [-0.25, -0.2) is 0 Å². The van der Waals surface area contributed by atoms with Crippen LogP contribution in [0, 0.1) is 0 Å². The van der Waals surface area contributed by atoms with E-state index in [2.05, 4.69) is 4.90 Å². The summed E-state index contributed by atoms with van der Waals surface area (Å²) in [6.07, 6.45) is 0.249. The van der Waals surface area contributed by atoms with Crippen molar-refractivity contribution >= 4 is 5.91 Å². The number of carbonyl (C=O) groups excluding carboxylic acids is 1. The highest BCUT2D eigenvalue weighted by Gasteiger charge is 2.31. The van der Waals surface area contributed by atoms with Gasteiger partial charge in [-0.1, -0.05) is 30.3 Å². The minimum absolute atomic E-state index is 0.124. The van der Waals surface area contributed by atoms with E-state index in [0.717, 1.165) is 18.7 Å². The fourth-order valence-electron chi connectivity index (χ4n) is 2.62. The summed E-state index contributed by atoms with van der Waals surface area (Å²) in [5.74, 6) is -0.303. The molecule has 0 radical (unpaired) electrons. The summed E-state index contributed by atoms with van der Waals surface area (Å²) in [6, 6.07) is 9.32. The summed E-state index contributed by atoms with van der Waals surface area (Å²) < 4.78 is 5.69. The molecule has 4 heteroatoms. The Bertz CT molecular complexity index is 398. The largest absolute Gasteiger partial charge is 0.373 e. The van der Waals surface area contributed by atoms with Crippen LogP contribution >= 0.6 is 0 Å². The normalized spacial score (nSPS) is 26.8. The van der Waals surface area contributed by atoms with Crippen LogP contribution in [0.1, 0.15) is 25.5 Å². The van der Waals surface area contributed by atoms with Crippen molar-refractivity contribution in [2.75, 3.05) is 13.1 Å². The van der Waals surface area contributed by atoms with Gasteiger partial charge in [0.1, 0.15) is 6.04 Å². The van der Waals surface area contributed by atoms with Crippen molar-refractivity contribution in [3.05, 3.63) is 35.9 Å². The SMILES string of the molecule is C[C@@H]1CN([C@H](C(N)=O)c2ccccc2)C[C@@H](C)O1. The molecule has 2 rings (SSSR count). The molecule has 1 saturated heterocycles. The molecule has 18 heavy (non-hydrogen) atoms. The Labute approximate surface area is 108 Å². The quantitative estimate of drug-likeness (QED) is 0.877. The minimum Gasteiger partial charge on any atom is -0.373 e. The number of benzene rings is 1. The topological polar surface area (TPSA) is 55.6 Å². The fourth-order valence-corrected chi connectivity index (χ4v) is 2.62. The molecule has 1 amide bonds. The summed E-state index contributed by atoms with van der Waals surface area (Å²) in [6.45, 7) is 5.50. The van der Waals surface area contributed by atoms with Gasteiger partial charge in [-0.3, -0.25) is 9.69 Å². The van der Waals surface area contributed by atoms with Crippen LogP contribution in [-0.2, 0) is 9.53 Å². The van der Waals surface area contributed by atoms with Crippen molar-refractivity contribution in [2.24, 2.45) is 5.73 Å². The molecular formula is C14H20N2O2. The summed E-state index contributed by atoms with van der Waals surface area (Å²) in [5, 5.41) is 0. The van der Waals surface area contributed by atoms with Crippen molar-refractivity contribution in [2.45, 2.75) is 32.1 Å². The van der Waals surface area contributed by atoms with Crippen molar-refractivity contribution in [3.63, 3.8) is 0 Å². The molecule has 2 N–H and O–H groups in total. The highest BCUT2D eigenvalue weighted by atomic mass is 16.5. The molecule has 98 valence electrons. The van der Waals surface area contributed by atoms with Crippen molar-refractivity contribution in [3.8, 4) is 0 Å². The smallest absolute Gasteiger partial charge is 0.239 e. The van der Waals surface area contributed by atoms with Gasteiger partial charge in [0.2, 0.25) is 5.91 Å². The molecule has 0 bridgehead atoms. The lowest BCUT2D eigenvalue weighted by atomic mass is 10.0. The Hall–Kier alpha value is -1.39. The van der Waals surface area contributed by atoms with Crippen LogP contribution in [0.4, 0.5) is 0 Å². The molecule has 3 atom stereocenters. The van der Waals surface area contributed by atoms with E-state index in [4.69, 9.17) is 10.5 Å². The highest BCUT2D eigenvalue weighted by molar-refractivity contribution is 5.81. The van der Waals surface area contributed by atoms with Gasteiger partial charge in [0.25, 0.3) is 0 Å². The Morgan fingerprint density at radius 3 is 2.33 bits per heavy atom. The molecule has 1 aromatic rings. The minimum atomic E-state index is -0.361. The lowest BCUT2D eigenvalue weighted by Crippen LogP contribution is -2.50. The number of primary amides is 1. The van der Waals surface area contributed by atoms with Crippen molar-refractivity contribution in [1.29, 1.82) is 0 Å². The van der Waals surface area contributed by atoms with Crippen molar-refractivity contribution in [1.82, 2.24) is 4.90 Å². The van der Waals surface area contributed by atoms with Crippen LogP contribution in [0.3, 0.4) is 0 Å². The van der Waals surface area contributed by atoms with Crippen LogP contribution in [0.25, 0.3) is 0 Å². The first kappa shape index (κ1) is 13.1. The molecule has 1 heterocycles. The zero-order valence-electron chi connectivity index (χ0n) is 10.9. The summed E-state index contributed by atoms with van der Waals surface area (Å²) in [5.41, 5.74) is 6.52. The third-order valence-electron chi connectivity index (χ3n) is 3.20. The number of nitrogens with zero attached hydrogens (tertiary/aromatic N) is 1. The van der Waals surface area contributed by atoms with E-state index < -0.39 is 0 Å². The molecule has 1 aliphatic rings. The van der Waals surface area contributed by atoms with E-state index >= 15 is 0 Å².